The van der Waals surface area contributed by atoms with Crippen molar-refractivity contribution in [2.45, 2.75) is 6.54 Å². The molecule has 3 heterocycles. The lowest BCUT2D eigenvalue weighted by molar-refractivity contribution is 0.318. The molecule has 5 aromatic rings. The van der Waals surface area contributed by atoms with Gasteiger partial charge < -0.3 is 26.3 Å². The van der Waals surface area contributed by atoms with Gasteiger partial charge in [-0.2, -0.15) is 0 Å². The summed E-state index contributed by atoms with van der Waals surface area (Å²) in [5.74, 6) is -0.0125. The highest BCUT2D eigenvalue weighted by Crippen LogP contribution is 2.38. The van der Waals surface area contributed by atoms with Crippen LogP contribution in [0.15, 0.2) is 78.2 Å². The Morgan fingerprint density at radius 2 is 1.94 bits per heavy atom. The predicted molar refractivity (Wildman–Crippen MR) is 125 cm³/mol. The smallest absolute Gasteiger partial charge is 0.199 e. The molecule has 0 atom stereocenters. The lowest BCUT2D eigenvalue weighted by atomic mass is 10.0. The van der Waals surface area contributed by atoms with E-state index in [0.717, 1.165) is 22.2 Å². The van der Waals surface area contributed by atoms with E-state index in [4.69, 9.17) is 15.9 Å². The second-order valence-corrected chi connectivity index (χ2v) is 7.38. The first-order chi connectivity index (χ1) is 15.6. The van der Waals surface area contributed by atoms with Crippen molar-refractivity contribution in [2.24, 2.45) is 10.9 Å². The van der Waals surface area contributed by atoms with Gasteiger partial charge in [-0.15, -0.1) is 0 Å². The number of nitrogens with one attached hydrogen (secondary N) is 2. The van der Waals surface area contributed by atoms with Crippen LogP contribution in [0.1, 0.15) is 11.1 Å². The Balaban J connectivity index is 1.66. The second kappa shape index (κ2) is 7.92. The molecule has 5 rings (SSSR count). The number of hydrogen-bond donors (Lipinski definition) is 5. The van der Waals surface area contributed by atoms with Crippen molar-refractivity contribution < 1.29 is 10.3 Å². The van der Waals surface area contributed by atoms with Gasteiger partial charge in [0, 0.05) is 46.5 Å². The van der Waals surface area contributed by atoms with Gasteiger partial charge in [0.25, 0.3) is 0 Å². The van der Waals surface area contributed by atoms with Crippen LogP contribution in [0.25, 0.3) is 33.1 Å². The summed E-state index contributed by atoms with van der Waals surface area (Å²) in [5.41, 5.74) is 10.9. The molecule has 32 heavy (non-hydrogen) atoms. The summed E-state index contributed by atoms with van der Waals surface area (Å²) < 4.78 is 0. The highest BCUT2D eigenvalue weighted by Gasteiger charge is 2.17. The summed E-state index contributed by atoms with van der Waals surface area (Å²) in [6.07, 6.45) is 3.56. The van der Waals surface area contributed by atoms with Crippen molar-refractivity contribution in [3.05, 3.63) is 84.2 Å². The minimum absolute atomic E-state index is 0.00218. The normalized spacial score (nSPS) is 11.8. The molecule has 8 nitrogen and oxygen atoms in total. The number of pyridine rings is 2. The van der Waals surface area contributed by atoms with E-state index in [1.807, 2.05) is 48.7 Å². The Morgan fingerprint density at radius 3 is 2.75 bits per heavy atom. The Hall–Kier alpha value is -4.59. The minimum Gasteiger partial charge on any atom is -0.494 e. The first kappa shape index (κ1) is 19.4. The van der Waals surface area contributed by atoms with Crippen LogP contribution < -0.4 is 11.1 Å². The van der Waals surface area contributed by atoms with Gasteiger partial charge in [0.05, 0.1) is 16.8 Å². The third-order valence-electron chi connectivity index (χ3n) is 5.36. The molecule has 0 saturated heterocycles. The number of rotatable bonds is 5. The Kier molecular flexibility index (Phi) is 4.79. The van der Waals surface area contributed by atoms with Crippen molar-refractivity contribution >= 4 is 33.3 Å². The molecule has 0 aliphatic heterocycles. The standard InChI is InChI=1S/C24H20N6O2/c25-23(30-32)15-7-8-19-17(10-15)22(24(31)29-19)21-11-20(16-5-1-2-6-18(16)28-21)27-13-14-4-3-9-26-12-14/h1-12,29,31-32H,13H2,(H2,25,30)(H,27,28). The van der Waals surface area contributed by atoms with Crippen LogP contribution in [-0.4, -0.2) is 31.1 Å². The quantitative estimate of drug-likeness (QED) is 0.124. The Morgan fingerprint density at radius 1 is 1.06 bits per heavy atom. The summed E-state index contributed by atoms with van der Waals surface area (Å²) in [6.45, 7) is 0.592. The third kappa shape index (κ3) is 3.43. The topological polar surface area (TPSA) is 132 Å². The molecule has 0 aliphatic rings. The molecular weight excluding hydrogens is 404 g/mol. The molecular formula is C24H20N6O2. The first-order valence-corrected chi connectivity index (χ1v) is 9.99. The first-order valence-electron chi connectivity index (χ1n) is 9.99. The average molecular weight is 424 g/mol. The average Bonchev–Trinajstić information content (AvgIpc) is 3.17. The highest BCUT2D eigenvalue weighted by atomic mass is 16.4. The number of amidine groups is 1. The number of para-hydroxylation sites is 1. The lowest BCUT2D eigenvalue weighted by Gasteiger charge is -2.12. The number of aromatic nitrogens is 3. The van der Waals surface area contributed by atoms with Crippen LogP contribution in [-0.2, 0) is 6.54 Å². The van der Waals surface area contributed by atoms with Crippen molar-refractivity contribution in [1.29, 1.82) is 0 Å². The molecule has 0 fully saturated rings. The molecule has 0 bridgehead atoms. The fourth-order valence-electron chi connectivity index (χ4n) is 3.80. The van der Waals surface area contributed by atoms with Crippen molar-refractivity contribution in [2.75, 3.05) is 5.32 Å². The number of aromatic hydroxyl groups is 1. The molecule has 8 heteroatoms. The van der Waals surface area contributed by atoms with E-state index in [1.54, 1.807) is 24.4 Å². The fourth-order valence-corrected chi connectivity index (χ4v) is 3.80. The SMILES string of the molecule is N/C(=N\O)c1ccc2[nH]c(O)c(-c3cc(NCc4cccnc4)c4ccccc4n3)c2c1. The van der Waals surface area contributed by atoms with Crippen LogP contribution in [0.2, 0.25) is 0 Å². The number of fused-ring (bicyclic) bond motifs is 2. The van der Waals surface area contributed by atoms with E-state index in [0.29, 0.717) is 34.3 Å². The highest BCUT2D eigenvalue weighted by molar-refractivity contribution is 6.06. The largest absolute Gasteiger partial charge is 0.494 e. The van der Waals surface area contributed by atoms with Crippen molar-refractivity contribution in [3.8, 4) is 17.1 Å². The van der Waals surface area contributed by atoms with E-state index in [1.165, 1.54) is 0 Å². The fraction of sp³-hybridized carbons (Fsp3) is 0.0417. The Bertz CT molecular complexity index is 1460. The maximum Gasteiger partial charge on any atom is 0.199 e. The number of hydrogen-bond acceptors (Lipinski definition) is 6. The molecule has 2 aromatic carbocycles. The maximum atomic E-state index is 10.7. The molecule has 0 unspecified atom stereocenters. The van der Waals surface area contributed by atoms with Crippen LogP contribution in [0.3, 0.4) is 0 Å². The Labute approximate surface area is 183 Å². The second-order valence-electron chi connectivity index (χ2n) is 7.38. The molecule has 0 spiro atoms. The lowest BCUT2D eigenvalue weighted by Crippen LogP contribution is -2.12. The van der Waals surface area contributed by atoms with Gasteiger partial charge in [0.2, 0.25) is 0 Å². The monoisotopic (exact) mass is 424 g/mol. The zero-order valence-corrected chi connectivity index (χ0v) is 16.9. The summed E-state index contributed by atoms with van der Waals surface area (Å²) in [6, 6.07) is 18.9. The molecule has 3 aromatic heterocycles. The van der Waals surface area contributed by atoms with E-state index in [-0.39, 0.29) is 11.7 Å². The van der Waals surface area contributed by atoms with Gasteiger partial charge in [0.15, 0.2) is 11.7 Å². The number of H-pyrrole nitrogens is 1. The molecule has 6 N–H and O–H groups in total. The predicted octanol–water partition coefficient (Wildman–Crippen LogP) is 4.19. The number of benzene rings is 2. The van der Waals surface area contributed by atoms with Gasteiger partial charge in [-0.25, -0.2) is 4.98 Å². The van der Waals surface area contributed by atoms with Crippen LogP contribution in [0.4, 0.5) is 5.69 Å². The third-order valence-corrected chi connectivity index (χ3v) is 5.36. The van der Waals surface area contributed by atoms with Crippen LogP contribution in [0, 0.1) is 0 Å². The summed E-state index contributed by atoms with van der Waals surface area (Å²) in [7, 11) is 0. The number of oxime groups is 1. The zero-order chi connectivity index (χ0) is 22.1. The van der Waals surface area contributed by atoms with E-state index >= 15 is 0 Å². The molecule has 158 valence electrons. The van der Waals surface area contributed by atoms with Gasteiger partial charge in [-0.05, 0) is 42.0 Å². The van der Waals surface area contributed by atoms with E-state index < -0.39 is 0 Å². The molecule has 0 aliphatic carbocycles. The number of anilines is 1. The van der Waals surface area contributed by atoms with Crippen LogP contribution in [0.5, 0.6) is 5.88 Å². The number of nitrogens with zero attached hydrogens (tertiary/aromatic N) is 3. The van der Waals surface area contributed by atoms with Gasteiger partial charge in [0.1, 0.15) is 0 Å². The number of aromatic amines is 1. The van der Waals surface area contributed by atoms with E-state index in [9.17, 15) is 5.11 Å². The van der Waals surface area contributed by atoms with Gasteiger partial charge in [-0.3, -0.25) is 4.98 Å². The molecule has 0 amide bonds. The maximum absolute atomic E-state index is 10.7. The minimum atomic E-state index is -0.0103. The van der Waals surface area contributed by atoms with Crippen molar-refractivity contribution in [3.63, 3.8) is 0 Å². The summed E-state index contributed by atoms with van der Waals surface area (Å²) in [4.78, 5) is 11.9. The van der Waals surface area contributed by atoms with Gasteiger partial charge >= 0.3 is 0 Å². The summed E-state index contributed by atoms with van der Waals surface area (Å²) in [5, 5.41) is 28.0. The zero-order valence-electron chi connectivity index (χ0n) is 16.9. The molecule has 0 saturated carbocycles. The molecule has 0 radical (unpaired) electrons. The van der Waals surface area contributed by atoms with Crippen LogP contribution >= 0.6 is 0 Å². The van der Waals surface area contributed by atoms with E-state index in [2.05, 4.69) is 20.4 Å². The van der Waals surface area contributed by atoms with Gasteiger partial charge in [-0.1, -0.05) is 29.4 Å². The number of nitrogens with two attached hydrogens (primary N) is 1. The van der Waals surface area contributed by atoms with Crippen molar-refractivity contribution in [1.82, 2.24) is 15.0 Å². The summed E-state index contributed by atoms with van der Waals surface area (Å²) >= 11 is 0.